The molecule has 1 aromatic heterocycles. The number of benzene rings is 1. The summed E-state index contributed by atoms with van der Waals surface area (Å²) in [6.07, 6.45) is 2.61. The van der Waals surface area contributed by atoms with E-state index < -0.39 is 0 Å². The number of aromatic nitrogens is 1. The van der Waals surface area contributed by atoms with Gasteiger partial charge in [0.1, 0.15) is 0 Å². The Kier molecular flexibility index (Phi) is 3.51. The van der Waals surface area contributed by atoms with Gasteiger partial charge >= 0.3 is 7.12 Å². The average Bonchev–Trinajstić information content (AvgIpc) is 2.98. The van der Waals surface area contributed by atoms with Crippen molar-refractivity contribution in [3.05, 3.63) is 23.2 Å². The minimum atomic E-state index is -0.313. The second kappa shape index (κ2) is 5.31. The zero-order valence-electron chi connectivity index (χ0n) is 16.3. The van der Waals surface area contributed by atoms with Crippen LogP contribution >= 0.6 is 11.3 Å². The molecule has 138 valence electrons. The number of hydrogen-bond acceptors (Lipinski definition) is 5. The molecule has 0 radical (unpaired) electrons. The third-order valence-corrected chi connectivity index (χ3v) is 8.07. The van der Waals surface area contributed by atoms with Crippen LogP contribution in [0, 0.1) is 5.41 Å². The second-order valence-corrected chi connectivity index (χ2v) is 10.7. The van der Waals surface area contributed by atoms with Crippen LogP contribution in [0.2, 0.25) is 0 Å². The van der Waals surface area contributed by atoms with Crippen molar-refractivity contribution < 1.29 is 9.31 Å². The van der Waals surface area contributed by atoms with E-state index in [1.165, 1.54) is 35.6 Å². The van der Waals surface area contributed by atoms with Crippen LogP contribution in [0.25, 0.3) is 10.2 Å². The molecule has 4 nitrogen and oxygen atoms in total. The molecular weight excluding hydrogens is 343 g/mol. The number of nitrogens with zero attached hydrogens (tertiary/aromatic N) is 2. The van der Waals surface area contributed by atoms with Gasteiger partial charge in [0, 0.05) is 19.0 Å². The lowest BCUT2D eigenvalue weighted by molar-refractivity contribution is -0.0584. The van der Waals surface area contributed by atoms with Gasteiger partial charge in [-0.05, 0) is 70.6 Å². The summed E-state index contributed by atoms with van der Waals surface area (Å²) in [5.74, 6) is 0.654. The lowest BCUT2D eigenvalue weighted by Crippen LogP contribution is -2.59. The van der Waals surface area contributed by atoms with E-state index in [2.05, 4.69) is 57.8 Å². The van der Waals surface area contributed by atoms with E-state index >= 15 is 0 Å². The molecule has 0 unspecified atom stereocenters. The Labute approximate surface area is 160 Å². The van der Waals surface area contributed by atoms with Gasteiger partial charge in [0.15, 0.2) is 0 Å². The smallest absolute Gasteiger partial charge is 0.399 e. The topological polar surface area (TPSA) is 34.6 Å². The summed E-state index contributed by atoms with van der Waals surface area (Å²) >= 11 is 1.86. The highest BCUT2D eigenvalue weighted by atomic mass is 32.1. The average molecular weight is 370 g/mol. The Morgan fingerprint density at radius 3 is 2.38 bits per heavy atom. The van der Waals surface area contributed by atoms with Crippen molar-refractivity contribution in [3.8, 4) is 0 Å². The molecule has 2 aromatic rings. The van der Waals surface area contributed by atoms with Crippen molar-refractivity contribution in [2.45, 2.75) is 57.7 Å². The highest BCUT2D eigenvalue weighted by Crippen LogP contribution is 2.56. The monoisotopic (exact) mass is 370 g/mol. The van der Waals surface area contributed by atoms with Crippen LogP contribution in [0.5, 0.6) is 0 Å². The Balaban J connectivity index is 1.36. The van der Waals surface area contributed by atoms with Crippen LogP contribution < -0.4 is 5.46 Å². The summed E-state index contributed by atoms with van der Waals surface area (Å²) < 4.78 is 13.7. The van der Waals surface area contributed by atoms with Crippen LogP contribution in [0.1, 0.15) is 51.5 Å². The Hall–Kier alpha value is -0.945. The van der Waals surface area contributed by atoms with Crippen LogP contribution in [0.3, 0.4) is 0 Å². The summed E-state index contributed by atoms with van der Waals surface area (Å²) in [4.78, 5) is 7.40. The van der Waals surface area contributed by atoms with Crippen molar-refractivity contribution >= 4 is 34.1 Å². The summed E-state index contributed by atoms with van der Waals surface area (Å²) in [5, 5.41) is 1.31. The molecule has 3 fully saturated rings. The molecule has 1 spiro atoms. The molecule has 1 aromatic carbocycles. The first-order chi connectivity index (χ1) is 12.2. The Morgan fingerprint density at radius 2 is 1.77 bits per heavy atom. The minimum absolute atomic E-state index is 0.309. The predicted molar refractivity (Wildman–Crippen MR) is 107 cm³/mol. The van der Waals surface area contributed by atoms with E-state index in [1.807, 2.05) is 11.3 Å². The fraction of sp³-hybridized carbons (Fsp3) is 0.650. The van der Waals surface area contributed by atoms with Gasteiger partial charge < -0.3 is 14.2 Å². The van der Waals surface area contributed by atoms with Gasteiger partial charge in [0.05, 0.1) is 26.4 Å². The maximum atomic E-state index is 6.19. The molecule has 0 bridgehead atoms. The zero-order valence-corrected chi connectivity index (χ0v) is 17.2. The van der Waals surface area contributed by atoms with Crippen LogP contribution in [-0.2, 0) is 9.31 Å². The van der Waals surface area contributed by atoms with E-state index in [4.69, 9.17) is 14.3 Å². The normalized spacial score (nSPS) is 27.0. The van der Waals surface area contributed by atoms with E-state index in [0.29, 0.717) is 11.3 Å². The molecule has 1 aliphatic carbocycles. The third-order valence-electron chi connectivity index (χ3n) is 6.87. The molecule has 0 atom stereocenters. The molecule has 0 amide bonds. The Bertz CT molecular complexity index is 848. The summed E-state index contributed by atoms with van der Waals surface area (Å²) in [7, 11) is 1.90. The fourth-order valence-corrected chi connectivity index (χ4v) is 5.83. The van der Waals surface area contributed by atoms with Gasteiger partial charge in [-0.2, -0.15) is 0 Å². The summed E-state index contributed by atoms with van der Waals surface area (Å²) in [6.45, 7) is 10.9. The van der Waals surface area contributed by atoms with E-state index in [9.17, 15) is 0 Å². The standard InChI is InChI=1S/C20H27BN2O2S/c1-18(2)19(3,4)25-21(24-18)14-6-7-16-15(8-14)22-17(26-16)13-9-20(10-13)11-23(5)12-20/h6-8,13H,9-12H2,1-5H3. The first-order valence-electron chi connectivity index (χ1n) is 9.61. The van der Waals surface area contributed by atoms with Crippen molar-refractivity contribution in [2.75, 3.05) is 20.1 Å². The van der Waals surface area contributed by atoms with Crippen LogP contribution in [0.15, 0.2) is 18.2 Å². The highest BCUT2D eigenvalue weighted by Gasteiger charge is 2.53. The quantitative estimate of drug-likeness (QED) is 0.759. The first kappa shape index (κ1) is 17.2. The van der Waals surface area contributed by atoms with Crippen molar-refractivity contribution in [1.82, 2.24) is 9.88 Å². The number of hydrogen-bond donors (Lipinski definition) is 0. The van der Waals surface area contributed by atoms with E-state index in [-0.39, 0.29) is 18.3 Å². The zero-order chi connectivity index (χ0) is 18.3. The van der Waals surface area contributed by atoms with E-state index in [1.54, 1.807) is 0 Å². The Morgan fingerprint density at radius 1 is 1.12 bits per heavy atom. The second-order valence-electron chi connectivity index (χ2n) is 9.64. The SMILES string of the molecule is CN1CC2(CC(c3nc4cc(B5OC(C)(C)C(C)(C)O5)ccc4s3)C2)C1. The van der Waals surface area contributed by atoms with Crippen molar-refractivity contribution in [3.63, 3.8) is 0 Å². The number of fused-ring (bicyclic) bond motifs is 1. The first-order valence-corrected chi connectivity index (χ1v) is 10.4. The molecule has 2 saturated heterocycles. The summed E-state index contributed by atoms with van der Waals surface area (Å²) in [6, 6.07) is 6.47. The fourth-order valence-electron chi connectivity index (χ4n) is 4.78. The van der Waals surface area contributed by atoms with Gasteiger partial charge in [-0.25, -0.2) is 4.98 Å². The van der Waals surface area contributed by atoms with Gasteiger partial charge in [-0.3, -0.25) is 0 Å². The molecule has 26 heavy (non-hydrogen) atoms. The van der Waals surface area contributed by atoms with Crippen molar-refractivity contribution in [2.24, 2.45) is 5.41 Å². The molecule has 5 rings (SSSR count). The number of rotatable bonds is 2. The number of thiazole rings is 1. The van der Waals surface area contributed by atoms with Gasteiger partial charge in [-0.1, -0.05) is 6.07 Å². The molecule has 3 heterocycles. The lowest BCUT2D eigenvalue weighted by atomic mass is 9.58. The summed E-state index contributed by atoms with van der Waals surface area (Å²) in [5.41, 5.74) is 2.14. The maximum absolute atomic E-state index is 6.19. The van der Waals surface area contributed by atoms with Crippen LogP contribution in [-0.4, -0.2) is 48.3 Å². The largest absolute Gasteiger partial charge is 0.494 e. The molecule has 0 N–H and O–H groups in total. The maximum Gasteiger partial charge on any atom is 0.494 e. The molecule has 1 saturated carbocycles. The minimum Gasteiger partial charge on any atom is -0.399 e. The highest BCUT2D eigenvalue weighted by molar-refractivity contribution is 7.18. The molecule has 6 heteroatoms. The van der Waals surface area contributed by atoms with Crippen molar-refractivity contribution in [1.29, 1.82) is 0 Å². The van der Waals surface area contributed by atoms with Gasteiger partial charge in [-0.15, -0.1) is 11.3 Å². The molecular formula is C20H27BN2O2S. The van der Waals surface area contributed by atoms with Crippen LogP contribution in [0.4, 0.5) is 0 Å². The number of likely N-dealkylation sites (tertiary alicyclic amines) is 1. The molecule has 3 aliphatic rings. The lowest BCUT2D eigenvalue weighted by Gasteiger charge is -2.58. The predicted octanol–water partition coefficient (Wildman–Crippen LogP) is 3.40. The third kappa shape index (κ3) is 2.49. The van der Waals surface area contributed by atoms with Gasteiger partial charge in [0.2, 0.25) is 0 Å². The van der Waals surface area contributed by atoms with Gasteiger partial charge in [0.25, 0.3) is 0 Å². The van der Waals surface area contributed by atoms with E-state index in [0.717, 1.165) is 11.0 Å². The molecule has 2 aliphatic heterocycles.